The predicted molar refractivity (Wildman–Crippen MR) is 105 cm³/mol. The van der Waals surface area contributed by atoms with E-state index >= 15 is 0 Å². The highest BCUT2D eigenvalue weighted by Crippen LogP contribution is 2.36. The van der Waals surface area contributed by atoms with E-state index in [0.717, 1.165) is 47.1 Å². The minimum absolute atomic E-state index is 0.0596. The van der Waals surface area contributed by atoms with Crippen molar-refractivity contribution in [3.05, 3.63) is 34.2 Å². The summed E-state index contributed by atoms with van der Waals surface area (Å²) in [6, 6.07) is 6.33. The summed E-state index contributed by atoms with van der Waals surface area (Å²) in [6.07, 6.45) is 2.13. The first-order valence-corrected chi connectivity index (χ1v) is 9.65. The Balaban J connectivity index is 1.80. The highest BCUT2D eigenvalue weighted by molar-refractivity contribution is 7.21. The van der Waals surface area contributed by atoms with Gasteiger partial charge in [-0.1, -0.05) is 13.0 Å². The summed E-state index contributed by atoms with van der Waals surface area (Å²) in [5.74, 6) is 0.756. The molecule has 0 bridgehead atoms. The van der Waals surface area contributed by atoms with Crippen molar-refractivity contribution in [3.8, 4) is 0 Å². The molecule has 1 fully saturated rings. The zero-order valence-corrected chi connectivity index (χ0v) is 15.7. The topological polar surface area (TPSA) is 59.2 Å². The maximum absolute atomic E-state index is 12.9. The largest absolute Gasteiger partial charge is 0.397 e. The van der Waals surface area contributed by atoms with E-state index in [1.165, 1.54) is 22.5 Å². The summed E-state index contributed by atoms with van der Waals surface area (Å²) in [5.41, 5.74) is 10.3. The highest BCUT2D eigenvalue weighted by atomic mass is 32.1. The van der Waals surface area contributed by atoms with Crippen molar-refractivity contribution in [3.63, 3.8) is 0 Å². The molecule has 0 unspecified atom stereocenters. The molecule has 1 saturated heterocycles. The first-order chi connectivity index (χ1) is 11.9. The molecule has 25 heavy (non-hydrogen) atoms. The highest BCUT2D eigenvalue weighted by Gasteiger charge is 2.26. The molecule has 4 nitrogen and oxygen atoms in total. The van der Waals surface area contributed by atoms with Crippen molar-refractivity contribution in [1.82, 2.24) is 9.88 Å². The average molecular weight is 353 g/mol. The monoisotopic (exact) mass is 353 g/mol. The van der Waals surface area contributed by atoms with Crippen molar-refractivity contribution >= 4 is 44.1 Å². The molecular weight excluding hydrogens is 330 g/mol. The number of carbonyl (C=O) groups is 1. The van der Waals surface area contributed by atoms with E-state index < -0.39 is 0 Å². The van der Waals surface area contributed by atoms with Crippen LogP contribution in [-0.4, -0.2) is 28.9 Å². The summed E-state index contributed by atoms with van der Waals surface area (Å²) in [6.45, 7) is 8.05. The van der Waals surface area contributed by atoms with Gasteiger partial charge in [-0.15, -0.1) is 11.3 Å². The fraction of sp³-hybridized carbons (Fsp3) is 0.400. The van der Waals surface area contributed by atoms with E-state index in [2.05, 4.69) is 39.0 Å². The van der Waals surface area contributed by atoms with Gasteiger partial charge in [0, 0.05) is 23.9 Å². The van der Waals surface area contributed by atoms with Gasteiger partial charge in [0.25, 0.3) is 5.91 Å². The Morgan fingerprint density at radius 3 is 2.64 bits per heavy atom. The van der Waals surface area contributed by atoms with Gasteiger partial charge in [-0.05, 0) is 55.9 Å². The fourth-order valence-corrected chi connectivity index (χ4v) is 4.72. The molecule has 1 amide bonds. The van der Waals surface area contributed by atoms with Crippen molar-refractivity contribution < 1.29 is 4.79 Å². The van der Waals surface area contributed by atoms with E-state index in [0.29, 0.717) is 16.5 Å². The molecule has 0 radical (unpaired) electrons. The minimum atomic E-state index is 0.0596. The summed E-state index contributed by atoms with van der Waals surface area (Å²) < 4.78 is 0. The molecular formula is C20H23N3OS. The van der Waals surface area contributed by atoms with Gasteiger partial charge in [0.05, 0.1) is 11.2 Å². The zero-order chi connectivity index (χ0) is 17.7. The van der Waals surface area contributed by atoms with Crippen molar-refractivity contribution in [2.45, 2.75) is 33.6 Å². The molecule has 1 aliphatic heterocycles. The van der Waals surface area contributed by atoms with Crippen LogP contribution < -0.4 is 5.73 Å². The van der Waals surface area contributed by atoms with Gasteiger partial charge in [-0.3, -0.25) is 4.79 Å². The van der Waals surface area contributed by atoms with Crippen LogP contribution in [0.25, 0.3) is 21.1 Å². The molecule has 2 N–H and O–H groups in total. The Hall–Kier alpha value is -2.14. The number of aromatic nitrogens is 1. The molecule has 3 aromatic rings. The Bertz CT molecular complexity index is 984. The van der Waals surface area contributed by atoms with E-state index in [1.807, 2.05) is 4.90 Å². The molecule has 2 aromatic heterocycles. The standard InChI is InChI=1S/C20H23N3OS/c1-11-4-6-23(7-5-11)20(24)18-17(21)15-10-14-13(3)8-12(2)9-16(14)22-19(15)25-18/h8-11H,4-7,21H2,1-3H3. The third-order valence-corrected chi connectivity index (χ3v) is 6.35. The van der Waals surface area contributed by atoms with Crippen LogP contribution in [0.1, 0.15) is 40.6 Å². The lowest BCUT2D eigenvalue weighted by Crippen LogP contribution is -2.37. The molecule has 130 valence electrons. The number of anilines is 1. The second-order valence-corrected chi connectivity index (χ2v) is 8.31. The number of aryl methyl sites for hydroxylation is 2. The van der Waals surface area contributed by atoms with E-state index in [4.69, 9.17) is 10.7 Å². The third kappa shape index (κ3) is 2.76. The van der Waals surface area contributed by atoms with E-state index in [1.54, 1.807) is 0 Å². The normalized spacial score (nSPS) is 16.0. The summed E-state index contributed by atoms with van der Waals surface area (Å²) in [4.78, 5) is 21.2. The Morgan fingerprint density at radius 2 is 1.92 bits per heavy atom. The number of piperidine rings is 1. The number of pyridine rings is 1. The Kier molecular flexibility index (Phi) is 3.91. The number of amides is 1. The number of nitrogens with zero attached hydrogens (tertiary/aromatic N) is 2. The lowest BCUT2D eigenvalue weighted by Gasteiger charge is -2.30. The Labute approximate surface area is 151 Å². The number of nitrogen functional groups attached to an aromatic ring is 1. The quantitative estimate of drug-likeness (QED) is 0.700. The fourth-order valence-electron chi connectivity index (χ4n) is 3.67. The van der Waals surface area contributed by atoms with Crippen molar-refractivity contribution in [2.75, 3.05) is 18.8 Å². The van der Waals surface area contributed by atoms with Gasteiger partial charge in [0.1, 0.15) is 9.71 Å². The number of benzene rings is 1. The second kappa shape index (κ2) is 5.99. The predicted octanol–water partition coefficient (Wildman–Crippen LogP) is 4.52. The number of hydrogen-bond acceptors (Lipinski definition) is 4. The van der Waals surface area contributed by atoms with Crippen LogP contribution in [-0.2, 0) is 0 Å². The van der Waals surface area contributed by atoms with Crippen LogP contribution in [0.5, 0.6) is 0 Å². The van der Waals surface area contributed by atoms with Crippen molar-refractivity contribution in [1.29, 1.82) is 0 Å². The molecule has 1 aromatic carbocycles. The van der Waals surface area contributed by atoms with Gasteiger partial charge in [-0.25, -0.2) is 4.98 Å². The van der Waals surface area contributed by atoms with Crippen molar-refractivity contribution in [2.24, 2.45) is 5.92 Å². The van der Waals surface area contributed by atoms with Gasteiger partial charge in [0.2, 0.25) is 0 Å². The molecule has 5 heteroatoms. The average Bonchev–Trinajstić information content (AvgIpc) is 2.89. The van der Waals surface area contributed by atoms with Crippen LogP contribution in [0.2, 0.25) is 0 Å². The van der Waals surface area contributed by atoms with Gasteiger partial charge in [0.15, 0.2) is 0 Å². The first kappa shape index (κ1) is 16.3. The number of carbonyl (C=O) groups excluding carboxylic acids is 1. The number of likely N-dealkylation sites (tertiary alicyclic amines) is 1. The molecule has 4 rings (SSSR count). The maximum Gasteiger partial charge on any atom is 0.266 e. The number of thiophene rings is 1. The van der Waals surface area contributed by atoms with Crippen LogP contribution in [0, 0.1) is 19.8 Å². The number of nitrogens with two attached hydrogens (primary N) is 1. The van der Waals surface area contributed by atoms with Crippen LogP contribution in [0.15, 0.2) is 18.2 Å². The lowest BCUT2D eigenvalue weighted by atomic mass is 9.99. The summed E-state index contributed by atoms with van der Waals surface area (Å²) >= 11 is 1.43. The number of rotatable bonds is 1. The SMILES string of the molecule is Cc1cc(C)c2cc3c(N)c(C(=O)N4CCC(C)CC4)sc3nc2c1. The van der Waals surface area contributed by atoms with Crippen LogP contribution >= 0.6 is 11.3 Å². The van der Waals surface area contributed by atoms with E-state index in [9.17, 15) is 4.79 Å². The van der Waals surface area contributed by atoms with E-state index in [-0.39, 0.29) is 5.91 Å². The number of fused-ring (bicyclic) bond motifs is 2. The smallest absolute Gasteiger partial charge is 0.266 e. The summed E-state index contributed by atoms with van der Waals surface area (Å²) in [5, 5.41) is 2.01. The molecule has 1 aliphatic rings. The molecule has 0 spiro atoms. The minimum Gasteiger partial charge on any atom is -0.397 e. The molecule has 0 atom stereocenters. The van der Waals surface area contributed by atoms with Gasteiger partial charge >= 0.3 is 0 Å². The van der Waals surface area contributed by atoms with Gasteiger partial charge in [-0.2, -0.15) is 0 Å². The molecule has 0 saturated carbocycles. The summed E-state index contributed by atoms with van der Waals surface area (Å²) in [7, 11) is 0. The van der Waals surface area contributed by atoms with Crippen LogP contribution in [0.4, 0.5) is 5.69 Å². The number of hydrogen-bond donors (Lipinski definition) is 1. The third-order valence-electron chi connectivity index (χ3n) is 5.25. The molecule has 0 aliphatic carbocycles. The maximum atomic E-state index is 12.9. The zero-order valence-electron chi connectivity index (χ0n) is 14.9. The molecule has 3 heterocycles. The Morgan fingerprint density at radius 1 is 1.20 bits per heavy atom. The van der Waals surface area contributed by atoms with Gasteiger partial charge < -0.3 is 10.6 Å². The first-order valence-electron chi connectivity index (χ1n) is 8.83. The van der Waals surface area contributed by atoms with Crippen LogP contribution in [0.3, 0.4) is 0 Å². The lowest BCUT2D eigenvalue weighted by molar-refractivity contribution is 0.0703. The second-order valence-electron chi connectivity index (χ2n) is 7.31.